The van der Waals surface area contributed by atoms with Gasteiger partial charge in [0.25, 0.3) is 0 Å². The summed E-state index contributed by atoms with van der Waals surface area (Å²) in [5.74, 6) is -0.861. The molecule has 0 radical (unpaired) electrons. The fourth-order valence-electron chi connectivity index (χ4n) is 1.53. The van der Waals surface area contributed by atoms with Crippen molar-refractivity contribution in [1.29, 1.82) is 0 Å². The second-order valence-corrected chi connectivity index (χ2v) is 5.25. The van der Waals surface area contributed by atoms with E-state index in [2.05, 4.69) is 18.5 Å². The third-order valence-corrected chi connectivity index (χ3v) is 3.73. The van der Waals surface area contributed by atoms with Gasteiger partial charge in [0.1, 0.15) is 0 Å². The van der Waals surface area contributed by atoms with Crippen molar-refractivity contribution in [1.82, 2.24) is 5.32 Å². The van der Waals surface area contributed by atoms with Gasteiger partial charge in [0.05, 0.1) is 5.56 Å². The van der Waals surface area contributed by atoms with E-state index in [1.54, 1.807) is 12.1 Å². The van der Waals surface area contributed by atoms with Crippen molar-refractivity contribution in [2.75, 3.05) is 12.8 Å². The highest BCUT2D eigenvalue weighted by atomic mass is 32.2. The molecule has 1 atom stereocenters. The van der Waals surface area contributed by atoms with Gasteiger partial charge in [0, 0.05) is 11.8 Å². The molecule has 0 bridgehead atoms. The van der Waals surface area contributed by atoms with Crippen LogP contribution in [-0.4, -0.2) is 29.1 Å². The summed E-state index contributed by atoms with van der Waals surface area (Å²) in [7, 11) is 0. The lowest BCUT2D eigenvalue weighted by Crippen LogP contribution is -2.19. The Kier molecular flexibility index (Phi) is 6.08. The summed E-state index contributed by atoms with van der Waals surface area (Å²) < 4.78 is 0. The van der Waals surface area contributed by atoms with Crippen molar-refractivity contribution in [3.63, 3.8) is 0 Å². The van der Waals surface area contributed by atoms with Crippen LogP contribution in [0.2, 0.25) is 0 Å². The monoisotopic (exact) mass is 253 g/mol. The highest BCUT2D eigenvalue weighted by Gasteiger charge is 2.08. The Morgan fingerprint density at radius 3 is 2.82 bits per heavy atom. The minimum atomic E-state index is -0.861. The Bertz CT molecular complexity index is 368. The van der Waals surface area contributed by atoms with Crippen molar-refractivity contribution in [3.8, 4) is 0 Å². The number of hydrogen-bond donors (Lipinski definition) is 2. The first-order valence-corrected chi connectivity index (χ1v) is 6.98. The number of benzene rings is 1. The number of carbonyl (C=O) groups is 1. The smallest absolute Gasteiger partial charge is 0.336 e. The molecule has 1 aromatic rings. The lowest BCUT2D eigenvalue weighted by molar-refractivity contribution is 0.0695. The molecule has 0 amide bonds. The fourth-order valence-corrected chi connectivity index (χ4v) is 1.88. The van der Waals surface area contributed by atoms with Gasteiger partial charge in [-0.05, 0) is 30.9 Å². The van der Waals surface area contributed by atoms with Crippen LogP contribution in [0.1, 0.15) is 29.3 Å². The number of nitrogens with one attached hydrogen (secondary N) is 1. The second kappa shape index (κ2) is 7.35. The lowest BCUT2D eigenvalue weighted by atomic mass is 10.1. The van der Waals surface area contributed by atoms with Crippen LogP contribution >= 0.6 is 11.8 Å². The van der Waals surface area contributed by atoms with Crippen LogP contribution in [0.5, 0.6) is 0 Å². The number of aromatic carboxylic acids is 1. The highest BCUT2D eigenvalue weighted by Crippen LogP contribution is 2.10. The van der Waals surface area contributed by atoms with Gasteiger partial charge in [-0.15, -0.1) is 0 Å². The molecule has 2 N–H and O–H groups in total. The molecular weight excluding hydrogens is 234 g/mol. The van der Waals surface area contributed by atoms with Crippen molar-refractivity contribution >= 4 is 17.7 Å². The van der Waals surface area contributed by atoms with Crippen molar-refractivity contribution in [2.45, 2.75) is 25.1 Å². The van der Waals surface area contributed by atoms with Crippen molar-refractivity contribution < 1.29 is 9.90 Å². The summed E-state index contributed by atoms with van der Waals surface area (Å²) >= 11 is 1.84. The summed E-state index contributed by atoms with van der Waals surface area (Å²) in [6.45, 7) is 3.72. The molecule has 0 heterocycles. The molecule has 0 aliphatic rings. The number of rotatable bonds is 7. The first-order chi connectivity index (χ1) is 8.15. The Labute approximate surface area is 107 Å². The maximum absolute atomic E-state index is 11.0. The molecule has 0 spiro atoms. The molecule has 0 saturated carbocycles. The van der Waals surface area contributed by atoms with Gasteiger partial charge in [0.15, 0.2) is 0 Å². The number of carboxylic acid groups (broad SMARTS) is 1. The molecule has 17 heavy (non-hydrogen) atoms. The van der Waals surface area contributed by atoms with Gasteiger partial charge in [-0.25, -0.2) is 4.79 Å². The van der Waals surface area contributed by atoms with Crippen LogP contribution < -0.4 is 5.32 Å². The van der Waals surface area contributed by atoms with E-state index >= 15 is 0 Å². The van der Waals surface area contributed by atoms with Crippen LogP contribution in [0, 0.1) is 0 Å². The zero-order chi connectivity index (χ0) is 12.7. The van der Waals surface area contributed by atoms with Gasteiger partial charge in [0.2, 0.25) is 0 Å². The SMILES string of the molecule is CSC(C)CCNCc1ccccc1C(=O)O. The van der Waals surface area contributed by atoms with Crippen LogP contribution in [0.4, 0.5) is 0 Å². The maximum atomic E-state index is 11.0. The summed E-state index contributed by atoms with van der Waals surface area (Å²) in [4.78, 5) is 11.0. The van der Waals surface area contributed by atoms with Crippen molar-refractivity contribution in [3.05, 3.63) is 35.4 Å². The van der Waals surface area contributed by atoms with Crippen LogP contribution in [0.3, 0.4) is 0 Å². The Hall–Kier alpha value is -1.00. The molecule has 94 valence electrons. The van der Waals surface area contributed by atoms with E-state index in [9.17, 15) is 4.79 Å². The van der Waals surface area contributed by atoms with Crippen LogP contribution in [-0.2, 0) is 6.54 Å². The minimum Gasteiger partial charge on any atom is -0.478 e. The molecule has 1 rings (SSSR count). The van der Waals surface area contributed by atoms with Gasteiger partial charge >= 0.3 is 5.97 Å². The molecule has 1 aromatic carbocycles. The number of carboxylic acids is 1. The van der Waals surface area contributed by atoms with E-state index in [1.807, 2.05) is 23.9 Å². The third kappa shape index (κ3) is 4.79. The number of hydrogen-bond acceptors (Lipinski definition) is 3. The maximum Gasteiger partial charge on any atom is 0.336 e. The van der Waals surface area contributed by atoms with Crippen LogP contribution in [0.15, 0.2) is 24.3 Å². The highest BCUT2D eigenvalue weighted by molar-refractivity contribution is 7.99. The summed E-state index contributed by atoms with van der Waals surface area (Å²) in [5.41, 5.74) is 1.23. The van der Waals surface area contributed by atoms with E-state index in [0.29, 0.717) is 17.4 Å². The van der Waals surface area contributed by atoms with E-state index < -0.39 is 5.97 Å². The van der Waals surface area contributed by atoms with Gasteiger partial charge in [-0.3, -0.25) is 0 Å². The molecule has 0 fully saturated rings. The summed E-state index contributed by atoms with van der Waals surface area (Å²) in [6, 6.07) is 7.12. The predicted octanol–water partition coefficient (Wildman–Crippen LogP) is 2.62. The second-order valence-electron chi connectivity index (χ2n) is 3.97. The molecule has 0 aliphatic heterocycles. The van der Waals surface area contributed by atoms with Crippen LogP contribution in [0.25, 0.3) is 0 Å². The average molecular weight is 253 g/mol. The Balaban J connectivity index is 2.44. The molecule has 0 saturated heterocycles. The molecule has 0 aliphatic carbocycles. The largest absolute Gasteiger partial charge is 0.478 e. The zero-order valence-corrected chi connectivity index (χ0v) is 11.1. The number of thioether (sulfide) groups is 1. The van der Waals surface area contributed by atoms with Crippen molar-refractivity contribution in [2.24, 2.45) is 0 Å². The average Bonchev–Trinajstić information content (AvgIpc) is 2.34. The molecule has 4 heteroatoms. The standard InChI is InChI=1S/C13H19NO2S/c1-10(17-2)7-8-14-9-11-5-3-4-6-12(11)13(15)16/h3-6,10,14H,7-9H2,1-2H3,(H,15,16). The topological polar surface area (TPSA) is 49.3 Å². The molecular formula is C13H19NO2S. The van der Waals surface area contributed by atoms with Gasteiger partial charge in [-0.1, -0.05) is 25.1 Å². The first kappa shape index (κ1) is 14.1. The van der Waals surface area contributed by atoms with Gasteiger partial charge in [-0.2, -0.15) is 11.8 Å². The quantitative estimate of drug-likeness (QED) is 0.733. The van der Waals surface area contributed by atoms with E-state index in [1.165, 1.54) is 0 Å². The molecule has 0 aromatic heterocycles. The minimum absolute atomic E-state index is 0.387. The van der Waals surface area contributed by atoms with Gasteiger partial charge < -0.3 is 10.4 Å². The zero-order valence-electron chi connectivity index (χ0n) is 10.3. The summed E-state index contributed by atoms with van der Waals surface area (Å²) in [6.07, 6.45) is 3.20. The molecule has 1 unspecified atom stereocenters. The van der Waals surface area contributed by atoms with E-state index in [4.69, 9.17) is 5.11 Å². The summed E-state index contributed by atoms with van der Waals surface area (Å²) in [5, 5.41) is 12.9. The predicted molar refractivity (Wildman–Crippen MR) is 72.7 cm³/mol. The van der Waals surface area contributed by atoms with E-state index in [0.717, 1.165) is 18.5 Å². The third-order valence-electron chi connectivity index (χ3n) is 2.69. The normalized spacial score (nSPS) is 12.4. The van der Waals surface area contributed by atoms with E-state index in [-0.39, 0.29) is 0 Å². The lowest BCUT2D eigenvalue weighted by Gasteiger charge is -2.10. The molecule has 3 nitrogen and oxygen atoms in total. The Morgan fingerprint density at radius 1 is 1.47 bits per heavy atom. The first-order valence-electron chi connectivity index (χ1n) is 5.70. The fraction of sp³-hybridized carbons (Fsp3) is 0.462. The Morgan fingerprint density at radius 2 is 2.18 bits per heavy atom.